The summed E-state index contributed by atoms with van der Waals surface area (Å²) >= 11 is 1.90. The van der Waals surface area contributed by atoms with Crippen molar-refractivity contribution in [2.24, 2.45) is 0 Å². The number of thioether (sulfide) groups is 1. The fourth-order valence-corrected chi connectivity index (χ4v) is 5.32. The summed E-state index contributed by atoms with van der Waals surface area (Å²) in [6.45, 7) is 0.0542. The van der Waals surface area contributed by atoms with Gasteiger partial charge in [0.05, 0.1) is 4.90 Å². The number of anilines is 1. The quantitative estimate of drug-likeness (QED) is 0.697. The number of hydrogen-bond donors (Lipinski definition) is 2. The van der Waals surface area contributed by atoms with Gasteiger partial charge in [-0.15, -0.1) is 11.8 Å². The second kappa shape index (κ2) is 9.39. The zero-order valence-electron chi connectivity index (χ0n) is 15.1. The Hall–Kier alpha value is -1.83. The van der Waals surface area contributed by atoms with Crippen LogP contribution in [0.25, 0.3) is 0 Å². The van der Waals surface area contributed by atoms with Crippen molar-refractivity contribution in [3.8, 4) is 0 Å². The fourth-order valence-electron chi connectivity index (χ4n) is 3.02. The van der Waals surface area contributed by atoms with Gasteiger partial charge >= 0.3 is 0 Å². The van der Waals surface area contributed by atoms with Gasteiger partial charge in [-0.2, -0.15) is 0 Å². The van der Waals surface area contributed by atoms with Gasteiger partial charge < -0.3 is 5.32 Å². The van der Waals surface area contributed by atoms with Gasteiger partial charge in [-0.25, -0.2) is 13.1 Å². The van der Waals surface area contributed by atoms with Crippen molar-refractivity contribution in [1.29, 1.82) is 0 Å². The standard InChI is InChI=1S/C20H24N2O3S2/c23-20(14-15-21-27(24,25)19-8-2-1-3-9-19)22-16-10-12-18(13-11-16)26-17-6-4-5-7-17/h1-3,8-13,17,21H,4-7,14-15H2,(H,22,23). The second-order valence-corrected chi connectivity index (χ2v) is 9.70. The average Bonchev–Trinajstić information content (AvgIpc) is 3.17. The van der Waals surface area contributed by atoms with Crippen LogP contribution < -0.4 is 10.0 Å². The molecule has 0 saturated heterocycles. The Kier molecular flexibility index (Phi) is 6.93. The van der Waals surface area contributed by atoms with Gasteiger partial charge in [-0.3, -0.25) is 4.79 Å². The molecule has 2 aromatic carbocycles. The van der Waals surface area contributed by atoms with E-state index in [2.05, 4.69) is 10.0 Å². The summed E-state index contributed by atoms with van der Waals surface area (Å²) in [4.78, 5) is 13.5. The van der Waals surface area contributed by atoms with Crippen molar-refractivity contribution in [2.45, 2.75) is 47.1 Å². The SMILES string of the molecule is O=C(CCNS(=O)(=O)c1ccccc1)Nc1ccc(SC2CCCC2)cc1. The molecule has 0 unspecified atom stereocenters. The van der Waals surface area contributed by atoms with Crippen molar-refractivity contribution in [3.05, 3.63) is 54.6 Å². The molecule has 1 aliphatic rings. The Morgan fingerprint density at radius 1 is 1.00 bits per heavy atom. The number of hydrogen-bond acceptors (Lipinski definition) is 4. The first-order valence-electron chi connectivity index (χ1n) is 9.14. The molecule has 5 nitrogen and oxygen atoms in total. The maximum absolute atomic E-state index is 12.1. The molecule has 1 aliphatic carbocycles. The van der Waals surface area contributed by atoms with Crippen LogP contribution in [0, 0.1) is 0 Å². The van der Waals surface area contributed by atoms with Crippen LogP contribution in [0.4, 0.5) is 5.69 Å². The van der Waals surface area contributed by atoms with Gasteiger partial charge in [0.2, 0.25) is 15.9 Å². The third-order valence-electron chi connectivity index (χ3n) is 4.44. The fraction of sp³-hybridized carbons (Fsp3) is 0.350. The van der Waals surface area contributed by atoms with E-state index in [1.165, 1.54) is 42.7 Å². The highest BCUT2D eigenvalue weighted by Crippen LogP contribution is 2.34. The van der Waals surface area contributed by atoms with Crippen LogP contribution in [-0.2, 0) is 14.8 Å². The average molecular weight is 405 g/mol. The predicted molar refractivity (Wildman–Crippen MR) is 109 cm³/mol. The molecule has 1 amide bonds. The molecule has 0 bridgehead atoms. The summed E-state index contributed by atoms with van der Waals surface area (Å²) in [5, 5.41) is 3.52. The van der Waals surface area contributed by atoms with Crippen molar-refractivity contribution in [2.75, 3.05) is 11.9 Å². The monoisotopic (exact) mass is 404 g/mol. The largest absolute Gasteiger partial charge is 0.326 e. The van der Waals surface area contributed by atoms with Gasteiger partial charge in [-0.05, 0) is 49.2 Å². The maximum Gasteiger partial charge on any atom is 0.240 e. The van der Waals surface area contributed by atoms with E-state index in [0.29, 0.717) is 5.25 Å². The molecule has 7 heteroatoms. The third kappa shape index (κ3) is 6.09. The normalized spacial score (nSPS) is 15.0. The highest BCUT2D eigenvalue weighted by molar-refractivity contribution is 8.00. The van der Waals surface area contributed by atoms with Crippen LogP contribution >= 0.6 is 11.8 Å². The number of sulfonamides is 1. The molecule has 1 saturated carbocycles. The molecule has 0 radical (unpaired) electrons. The number of nitrogens with one attached hydrogen (secondary N) is 2. The summed E-state index contributed by atoms with van der Waals surface area (Å²) in [5.41, 5.74) is 0.724. The molecule has 2 N–H and O–H groups in total. The van der Waals surface area contributed by atoms with Gasteiger partial charge in [-0.1, -0.05) is 31.0 Å². The van der Waals surface area contributed by atoms with Crippen LogP contribution in [0.3, 0.4) is 0 Å². The van der Waals surface area contributed by atoms with Crippen LogP contribution in [-0.4, -0.2) is 26.1 Å². The molecule has 27 heavy (non-hydrogen) atoms. The summed E-state index contributed by atoms with van der Waals surface area (Å²) in [6.07, 6.45) is 5.27. The summed E-state index contributed by atoms with van der Waals surface area (Å²) < 4.78 is 26.7. The van der Waals surface area contributed by atoms with Crippen LogP contribution in [0.15, 0.2) is 64.4 Å². The van der Waals surface area contributed by atoms with E-state index in [-0.39, 0.29) is 23.8 Å². The van der Waals surface area contributed by atoms with E-state index in [1.807, 2.05) is 36.0 Å². The number of carbonyl (C=O) groups excluding carboxylic acids is 1. The molecule has 1 fully saturated rings. The third-order valence-corrected chi connectivity index (χ3v) is 7.27. The molecule has 0 heterocycles. The first-order valence-corrected chi connectivity index (χ1v) is 11.5. The Morgan fingerprint density at radius 3 is 2.33 bits per heavy atom. The molecule has 0 aliphatic heterocycles. The maximum atomic E-state index is 12.1. The van der Waals surface area contributed by atoms with E-state index < -0.39 is 10.0 Å². The highest BCUT2D eigenvalue weighted by Gasteiger charge is 2.16. The number of amides is 1. The Bertz CT molecular complexity index is 847. The van der Waals surface area contributed by atoms with Gasteiger partial charge in [0, 0.05) is 28.8 Å². The van der Waals surface area contributed by atoms with Crippen LogP contribution in [0.2, 0.25) is 0 Å². The minimum atomic E-state index is -3.58. The minimum Gasteiger partial charge on any atom is -0.326 e. The van der Waals surface area contributed by atoms with E-state index in [4.69, 9.17) is 0 Å². The zero-order chi connectivity index (χ0) is 19.1. The van der Waals surface area contributed by atoms with E-state index in [9.17, 15) is 13.2 Å². The number of rotatable bonds is 8. The lowest BCUT2D eigenvalue weighted by Gasteiger charge is -2.10. The Labute approximate surface area is 165 Å². The summed E-state index contributed by atoms with van der Waals surface area (Å²) in [6, 6.07) is 16.0. The molecular weight excluding hydrogens is 380 g/mol. The Balaban J connectivity index is 1.43. The molecule has 0 aromatic heterocycles. The van der Waals surface area contributed by atoms with Crippen LogP contribution in [0.5, 0.6) is 0 Å². The van der Waals surface area contributed by atoms with Gasteiger partial charge in [0.15, 0.2) is 0 Å². The smallest absolute Gasteiger partial charge is 0.240 e. The molecule has 0 atom stereocenters. The van der Waals surface area contributed by atoms with Crippen molar-refractivity contribution in [3.63, 3.8) is 0 Å². The van der Waals surface area contributed by atoms with E-state index in [0.717, 1.165) is 5.69 Å². The molecule has 144 valence electrons. The second-order valence-electron chi connectivity index (χ2n) is 6.56. The Morgan fingerprint density at radius 2 is 1.67 bits per heavy atom. The van der Waals surface area contributed by atoms with Gasteiger partial charge in [0.25, 0.3) is 0 Å². The van der Waals surface area contributed by atoms with Crippen molar-refractivity contribution < 1.29 is 13.2 Å². The summed E-state index contributed by atoms with van der Waals surface area (Å²) in [5.74, 6) is -0.220. The lowest BCUT2D eigenvalue weighted by molar-refractivity contribution is -0.116. The van der Waals surface area contributed by atoms with Crippen molar-refractivity contribution >= 4 is 33.4 Å². The van der Waals surface area contributed by atoms with Gasteiger partial charge in [0.1, 0.15) is 0 Å². The number of carbonyl (C=O) groups is 1. The van der Waals surface area contributed by atoms with Crippen LogP contribution in [0.1, 0.15) is 32.1 Å². The molecule has 0 spiro atoms. The summed E-state index contributed by atoms with van der Waals surface area (Å²) in [7, 11) is -3.58. The topological polar surface area (TPSA) is 75.3 Å². The predicted octanol–water partition coefficient (Wildman–Crippen LogP) is 4.03. The molecule has 3 rings (SSSR count). The van der Waals surface area contributed by atoms with E-state index >= 15 is 0 Å². The first-order chi connectivity index (χ1) is 13.0. The highest BCUT2D eigenvalue weighted by atomic mass is 32.2. The van der Waals surface area contributed by atoms with Crippen molar-refractivity contribution in [1.82, 2.24) is 4.72 Å². The lowest BCUT2D eigenvalue weighted by Crippen LogP contribution is -2.27. The van der Waals surface area contributed by atoms with E-state index in [1.54, 1.807) is 18.2 Å². The minimum absolute atomic E-state index is 0.0542. The lowest BCUT2D eigenvalue weighted by atomic mass is 10.3. The number of benzene rings is 2. The molecular formula is C20H24N2O3S2. The first kappa shape index (κ1) is 19.9. The zero-order valence-corrected chi connectivity index (χ0v) is 16.7. The molecule has 2 aromatic rings.